The standard InChI is InChI=1S/C16H22N4OS.2ClH/c1-11-20-15(10-22-11)13-7-14(19-9-13)16(21)18-6-4-12-3-2-5-17-8-12;;/h7,9-10,12,17,19H,2-6,8H2,1H3,(H,18,21);2*1H. The second-order valence-electron chi connectivity index (χ2n) is 5.81. The zero-order chi connectivity index (χ0) is 15.4. The molecule has 1 amide bonds. The number of aromatic nitrogens is 2. The maximum absolute atomic E-state index is 12.2. The predicted octanol–water partition coefficient (Wildman–Crippen LogP) is 3.41. The Labute approximate surface area is 158 Å². The van der Waals surface area contributed by atoms with Gasteiger partial charge in [0.2, 0.25) is 0 Å². The third kappa shape index (κ3) is 5.48. The highest BCUT2D eigenvalue weighted by atomic mass is 35.5. The van der Waals surface area contributed by atoms with Gasteiger partial charge in [-0.1, -0.05) is 0 Å². The Morgan fingerprint density at radius 1 is 1.46 bits per heavy atom. The summed E-state index contributed by atoms with van der Waals surface area (Å²) in [6, 6.07) is 1.87. The maximum atomic E-state index is 12.2. The first-order valence-electron chi connectivity index (χ1n) is 7.82. The number of carbonyl (C=O) groups is 1. The van der Waals surface area contributed by atoms with E-state index in [-0.39, 0.29) is 30.7 Å². The zero-order valence-electron chi connectivity index (χ0n) is 13.6. The Hall–Kier alpha value is -1.08. The maximum Gasteiger partial charge on any atom is 0.267 e. The number of aromatic amines is 1. The average Bonchev–Trinajstić information content (AvgIpc) is 3.17. The fraction of sp³-hybridized carbons (Fsp3) is 0.500. The van der Waals surface area contributed by atoms with Crippen molar-refractivity contribution in [3.05, 3.63) is 28.3 Å². The van der Waals surface area contributed by atoms with Crippen LogP contribution < -0.4 is 10.6 Å². The molecule has 1 saturated heterocycles. The molecule has 3 N–H and O–H groups in total. The smallest absolute Gasteiger partial charge is 0.267 e. The van der Waals surface area contributed by atoms with Gasteiger partial charge in [0.05, 0.1) is 10.7 Å². The van der Waals surface area contributed by atoms with Gasteiger partial charge in [0, 0.05) is 23.7 Å². The fourth-order valence-corrected chi connectivity index (χ4v) is 3.45. The van der Waals surface area contributed by atoms with Crippen LogP contribution in [0.15, 0.2) is 17.6 Å². The number of aryl methyl sites for hydroxylation is 1. The van der Waals surface area contributed by atoms with Crippen molar-refractivity contribution in [1.29, 1.82) is 0 Å². The molecular weight excluding hydrogens is 367 g/mol. The lowest BCUT2D eigenvalue weighted by atomic mass is 9.96. The molecule has 0 radical (unpaired) electrons. The van der Waals surface area contributed by atoms with Gasteiger partial charge < -0.3 is 15.6 Å². The lowest BCUT2D eigenvalue weighted by Crippen LogP contribution is -2.33. The first-order valence-corrected chi connectivity index (χ1v) is 8.70. The summed E-state index contributed by atoms with van der Waals surface area (Å²) in [7, 11) is 0. The molecular formula is C16H24Cl2N4OS. The normalized spacial score (nSPS) is 16.8. The zero-order valence-corrected chi connectivity index (χ0v) is 16.1. The minimum absolute atomic E-state index is 0. The molecule has 2 aromatic heterocycles. The van der Waals surface area contributed by atoms with Crippen molar-refractivity contribution in [2.75, 3.05) is 19.6 Å². The van der Waals surface area contributed by atoms with E-state index in [1.807, 2.05) is 24.6 Å². The fourth-order valence-electron chi connectivity index (χ4n) is 2.82. The van der Waals surface area contributed by atoms with Gasteiger partial charge in [-0.3, -0.25) is 4.79 Å². The van der Waals surface area contributed by atoms with Crippen molar-refractivity contribution < 1.29 is 4.79 Å². The summed E-state index contributed by atoms with van der Waals surface area (Å²) >= 11 is 1.62. The summed E-state index contributed by atoms with van der Waals surface area (Å²) in [5.41, 5.74) is 2.49. The number of hydrogen-bond acceptors (Lipinski definition) is 4. The van der Waals surface area contributed by atoms with Crippen LogP contribution in [0, 0.1) is 12.8 Å². The van der Waals surface area contributed by atoms with Crippen molar-refractivity contribution in [3.8, 4) is 11.3 Å². The van der Waals surface area contributed by atoms with E-state index >= 15 is 0 Å². The molecule has 0 aliphatic carbocycles. The summed E-state index contributed by atoms with van der Waals surface area (Å²) in [6.45, 7) is 4.92. The van der Waals surface area contributed by atoms with Crippen LogP contribution in [-0.4, -0.2) is 35.5 Å². The minimum Gasteiger partial charge on any atom is -0.357 e. The average molecular weight is 391 g/mol. The van der Waals surface area contributed by atoms with Gasteiger partial charge in [-0.25, -0.2) is 4.98 Å². The summed E-state index contributed by atoms with van der Waals surface area (Å²) < 4.78 is 0. The Kier molecular flexibility index (Phi) is 8.76. The second-order valence-corrected chi connectivity index (χ2v) is 6.87. The third-order valence-electron chi connectivity index (χ3n) is 4.08. The molecule has 1 fully saturated rings. The van der Waals surface area contributed by atoms with E-state index in [1.165, 1.54) is 12.8 Å². The molecule has 1 atom stereocenters. The van der Waals surface area contributed by atoms with Crippen LogP contribution in [0.5, 0.6) is 0 Å². The number of halogens is 2. The van der Waals surface area contributed by atoms with E-state index in [9.17, 15) is 4.79 Å². The predicted molar refractivity (Wildman–Crippen MR) is 104 cm³/mol. The van der Waals surface area contributed by atoms with Crippen molar-refractivity contribution in [3.63, 3.8) is 0 Å². The summed E-state index contributed by atoms with van der Waals surface area (Å²) in [5, 5.41) is 9.44. The highest BCUT2D eigenvalue weighted by Crippen LogP contribution is 2.22. The molecule has 8 heteroatoms. The van der Waals surface area contributed by atoms with E-state index in [2.05, 4.69) is 20.6 Å². The van der Waals surface area contributed by atoms with Crippen LogP contribution in [0.3, 0.4) is 0 Å². The van der Waals surface area contributed by atoms with Crippen molar-refractivity contribution in [1.82, 2.24) is 20.6 Å². The van der Waals surface area contributed by atoms with Crippen LogP contribution in [0.4, 0.5) is 0 Å². The van der Waals surface area contributed by atoms with Gasteiger partial charge in [0.1, 0.15) is 5.69 Å². The molecule has 3 heterocycles. The number of rotatable bonds is 5. The molecule has 0 saturated carbocycles. The minimum atomic E-state index is -0.0398. The lowest BCUT2D eigenvalue weighted by Gasteiger charge is -2.22. The summed E-state index contributed by atoms with van der Waals surface area (Å²) in [6.07, 6.45) is 5.39. The number of nitrogens with one attached hydrogen (secondary N) is 3. The molecule has 1 aliphatic heterocycles. The van der Waals surface area contributed by atoms with Crippen molar-refractivity contribution >= 4 is 42.1 Å². The van der Waals surface area contributed by atoms with Gasteiger partial charge in [-0.05, 0) is 51.3 Å². The molecule has 2 aromatic rings. The van der Waals surface area contributed by atoms with Gasteiger partial charge in [-0.15, -0.1) is 36.2 Å². The van der Waals surface area contributed by atoms with E-state index < -0.39 is 0 Å². The SMILES string of the molecule is Cc1nc(-c2c[nH]c(C(=O)NCCC3CCCNC3)c2)cs1.Cl.Cl. The van der Waals surface area contributed by atoms with E-state index in [1.54, 1.807) is 11.3 Å². The van der Waals surface area contributed by atoms with E-state index in [4.69, 9.17) is 0 Å². The lowest BCUT2D eigenvalue weighted by molar-refractivity contribution is 0.0946. The quantitative estimate of drug-likeness (QED) is 0.732. The Morgan fingerprint density at radius 3 is 2.96 bits per heavy atom. The Morgan fingerprint density at radius 2 is 2.29 bits per heavy atom. The number of piperidine rings is 1. The van der Waals surface area contributed by atoms with E-state index in [0.29, 0.717) is 11.6 Å². The molecule has 134 valence electrons. The number of nitrogens with zero attached hydrogens (tertiary/aromatic N) is 1. The molecule has 3 rings (SSSR count). The van der Waals surface area contributed by atoms with Crippen LogP contribution in [0.2, 0.25) is 0 Å². The highest BCUT2D eigenvalue weighted by molar-refractivity contribution is 7.09. The van der Waals surface area contributed by atoms with E-state index in [0.717, 1.165) is 42.3 Å². The Bertz CT molecular complexity index is 638. The molecule has 1 aliphatic rings. The van der Waals surface area contributed by atoms with Crippen molar-refractivity contribution in [2.45, 2.75) is 26.2 Å². The van der Waals surface area contributed by atoms with Crippen LogP contribution in [0.1, 0.15) is 34.8 Å². The summed E-state index contributed by atoms with van der Waals surface area (Å²) in [4.78, 5) is 19.6. The first kappa shape index (κ1) is 21.0. The molecule has 5 nitrogen and oxygen atoms in total. The molecule has 0 aromatic carbocycles. The number of hydrogen-bond donors (Lipinski definition) is 3. The number of thiazole rings is 1. The van der Waals surface area contributed by atoms with Gasteiger partial charge in [0.25, 0.3) is 5.91 Å². The van der Waals surface area contributed by atoms with Crippen LogP contribution >= 0.6 is 36.2 Å². The largest absolute Gasteiger partial charge is 0.357 e. The van der Waals surface area contributed by atoms with Gasteiger partial charge in [0.15, 0.2) is 0 Å². The topological polar surface area (TPSA) is 69.8 Å². The number of carbonyl (C=O) groups excluding carboxylic acids is 1. The number of H-pyrrole nitrogens is 1. The van der Waals surface area contributed by atoms with Crippen LogP contribution in [-0.2, 0) is 0 Å². The van der Waals surface area contributed by atoms with Crippen molar-refractivity contribution in [2.24, 2.45) is 5.92 Å². The molecule has 0 spiro atoms. The summed E-state index contributed by atoms with van der Waals surface area (Å²) in [5.74, 6) is 0.646. The Balaban J connectivity index is 0.00000144. The first-order chi connectivity index (χ1) is 10.7. The third-order valence-corrected chi connectivity index (χ3v) is 4.85. The van der Waals surface area contributed by atoms with Gasteiger partial charge >= 0.3 is 0 Å². The highest BCUT2D eigenvalue weighted by Gasteiger charge is 2.14. The molecule has 1 unspecified atom stereocenters. The number of amides is 1. The molecule has 24 heavy (non-hydrogen) atoms. The molecule has 0 bridgehead atoms. The van der Waals surface area contributed by atoms with Crippen LogP contribution in [0.25, 0.3) is 11.3 Å². The van der Waals surface area contributed by atoms with Gasteiger partial charge in [-0.2, -0.15) is 0 Å². The second kappa shape index (κ2) is 10.0. The monoisotopic (exact) mass is 390 g/mol.